The van der Waals surface area contributed by atoms with Gasteiger partial charge in [0.2, 0.25) is 0 Å². The van der Waals surface area contributed by atoms with Gasteiger partial charge in [-0.2, -0.15) is 0 Å². The Bertz CT molecular complexity index is 860. The van der Waals surface area contributed by atoms with Crippen molar-refractivity contribution in [1.82, 2.24) is 0 Å². The van der Waals surface area contributed by atoms with E-state index >= 15 is 0 Å². The summed E-state index contributed by atoms with van der Waals surface area (Å²) in [7, 11) is 1.40. The van der Waals surface area contributed by atoms with E-state index < -0.39 is 0 Å². The molecule has 29 heavy (non-hydrogen) atoms. The van der Waals surface area contributed by atoms with Crippen LogP contribution in [0.25, 0.3) is 0 Å². The molecule has 0 bridgehead atoms. The van der Waals surface area contributed by atoms with Crippen molar-refractivity contribution in [3.63, 3.8) is 0 Å². The maximum Gasteiger partial charge on any atom is 0.337 e. The third kappa shape index (κ3) is 7.23. The zero-order valence-corrected chi connectivity index (χ0v) is 18.1. The van der Waals surface area contributed by atoms with E-state index in [0.29, 0.717) is 5.56 Å². The second-order valence-electron chi connectivity index (χ2n) is 6.99. The Kier molecular flexibility index (Phi) is 9.17. The molecule has 0 heterocycles. The standard InChI is InChI=1S/C25H26O2.C2H6/c1-19-3-5-20(6-4-19)7-8-21-9-11-22(12-10-21)13-14-23-15-17-24(18-16-23)25(26)27-2;1-2/h3-6,9-12,15-18H,7-8,13-14H2,1-2H3;1-2H3. The lowest BCUT2D eigenvalue weighted by atomic mass is 9.99. The van der Waals surface area contributed by atoms with Crippen LogP contribution in [0.4, 0.5) is 0 Å². The molecular weight excluding hydrogens is 356 g/mol. The highest BCUT2D eigenvalue weighted by Crippen LogP contribution is 2.13. The number of aryl methyl sites for hydroxylation is 5. The predicted octanol–water partition coefficient (Wildman–Crippen LogP) is 6.38. The Morgan fingerprint density at radius 2 is 0.931 bits per heavy atom. The highest BCUT2D eigenvalue weighted by atomic mass is 16.5. The molecule has 152 valence electrons. The molecule has 0 amide bonds. The van der Waals surface area contributed by atoms with Crippen molar-refractivity contribution in [1.29, 1.82) is 0 Å². The fourth-order valence-electron chi connectivity index (χ4n) is 3.13. The van der Waals surface area contributed by atoms with Crippen LogP contribution in [0, 0.1) is 6.92 Å². The summed E-state index contributed by atoms with van der Waals surface area (Å²) < 4.78 is 4.73. The van der Waals surface area contributed by atoms with E-state index in [1.165, 1.54) is 34.9 Å². The number of carbonyl (C=O) groups excluding carboxylic acids is 1. The quantitative estimate of drug-likeness (QED) is 0.439. The van der Waals surface area contributed by atoms with Crippen molar-refractivity contribution in [2.75, 3.05) is 7.11 Å². The maximum atomic E-state index is 11.5. The van der Waals surface area contributed by atoms with E-state index in [9.17, 15) is 4.79 Å². The molecule has 0 saturated heterocycles. The van der Waals surface area contributed by atoms with Gasteiger partial charge in [-0.3, -0.25) is 0 Å². The molecule has 2 nitrogen and oxygen atoms in total. The van der Waals surface area contributed by atoms with Crippen molar-refractivity contribution in [2.45, 2.75) is 46.5 Å². The third-order valence-corrected chi connectivity index (χ3v) is 4.92. The second-order valence-corrected chi connectivity index (χ2v) is 6.99. The average molecular weight is 389 g/mol. The number of ether oxygens (including phenoxy) is 1. The largest absolute Gasteiger partial charge is 0.465 e. The number of methoxy groups -OCH3 is 1. The molecule has 0 atom stereocenters. The first-order valence-electron chi connectivity index (χ1n) is 10.4. The first kappa shape index (κ1) is 22.4. The van der Waals surface area contributed by atoms with E-state index in [-0.39, 0.29) is 5.97 Å². The molecule has 0 unspecified atom stereocenters. The second kappa shape index (κ2) is 11.9. The highest BCUT2D eigenvalue weighted by molar-refractivity contribution is 5.89. The molecule has 3 aromatic rings. The van der Waals surface area contributed by atoms with E-state index in [4.69, 9.17) is 4.74 Å². The molecule has 0 aliphatic rings. The lowest BCUT2D eigenvalue weighted by Crippen LogP contribution is -2.01. The van der Waals surface area contributed by atoms with Crippen molar-refractivity contribution < 1.29 is 9.53 Å². The lowest BCUT2D eigenvalue weighted by Gasteiger charge is -2.06. The first-order chi connectivity index (χ1) is 14.1. The van der Waals surface area contributed by atoms with Crippen molar-refractivity contribution in [3.8, 4) is 0 Å². The van der Waals surface area contributed by atoms with Gasteiger partial charge in [-0.15, -0.1) is 0 Å². The molecular formula is C27H32O2. The summed E-state index contributed by atoms with van der Waals surface area (Å²) in [5.41, 5.74) is 7.24. The lowest BCUT2D eigenvalue weighted by molar-refractivity contribution is 0.0600. The Hall–Kier alpha value is -2.87. The number of hydrogen-bond acceptors (Lipinski definition) is 2. The zero-order valence-electron chi connectivity index (χ0n) is 18.1. The van der Waals surface area contributed by atoms with Crippen LogP contribution in [0.5, 0.6) is 0 Å². The zero-order chi connectivity index (χ0) is 21.1. The third-order valence-electron chi connectivity index (χ3n) is 4.92. The monoisotopic (exact) mass is 388 g/mol. The normalized spacial score (nSPS) is 10.1. The van der Waals surface area contributed by atoms with Gasteiger partial charge in [-0.05, 0) is 67.0 Å². The summed E-state index contributed by atoms with van der Waals surface area (Å²) in [4.78, 5) is 11.5. The van der Waals surface area contributed by atoms with E-state index in [1.54, 1.807) is 0 Å². The SMILES string of the molecule is CC.COC(=O)c1ccc(CCc2ccc(CCc3ccc(C)cc3)cc2)cc1. The fraction of sp³-hybridized carbons (Fsp3) is 0.296. The van der Waals surface area contributed by atoms with Gasteiger partial charge in [-0.25, -0.2) is 4.79 Å². The van der Waals surface area contributed by atoms with Gasteiger partial charge in [0.25, 0.3) is 0 Å². The summed E-state index contributed by atoms with van der Waals surface area (Å²) >= 11 is 0. The smallest absolute Gasteiger partial charge is 0.337 e. The molecule has 3 aromatic carbocycles. The minimum absolute atomic E-state index is 0.289. The number of carbonyl (C=O) groups is 1. The number of esters is 1. The van der Waals surface area contributed by atoms with Crippen LogP contribution in [-0.2, 0) is 30.4 Å². The molecule has 0 aliphatic carbocycles. The molecule has 0 N–H and O–H groups in total. The minimum Gasteiger partial charge on any atom is -0.465 e. The minimum atomic E-state index is -0.289. The van der Waals surface area contributed by atoms with Crippen molar-refractivity contribution >= 4 is 5.97 Å². The number of rotatable bonds is 7. The summed E-state index contributed by atoms with van der Waals surface area (Å²) in [6.45, 7) is 6.12. The van der Waals surface area contributed by atoms with Crippen LogP contribution >= 0.6 is 0 Å². The van der Waals surface area contributed by atoms with E-state index in [2.05, 4.69) is 55.5 Å². The first-order valence-corrected chi connectivity index (χ1v) is 10.4. The van der Waals surface area contributed by atoms with Gasteiger partial charge >= 0.3 is 5.97 Å². The van der Waals surface area contributed by atoms with Crippen LogP contribution in [0.3, 0.4) is 0 Å². The number of hydrogen-bond donors (Lipinski definition) is 0. The summed E-state index contributed by atoms with van der Waals surface area (Å²) in [6, 6.07) is 25.4. The Balaban J connectivity index is 0.00000145. The Morgan fingerprint density at radius 1 is 0.621 bits per heavy atom. The van der Waals surface area contributed by atoms with Gasteiger partial charge in [-0.1, -0.05) is 80.1 Å². The van der Waals surface area contributed by atoms with Crippen molar-refractivity contribution in [2.24, 2.45) is 0 Å². The summed E-state index contributed by atoms with van der Waals surface area (Å²) in [5, 5.41) is 0. The highest BCUT2D eigenvalue weighted by Gasteiger charge is 2.04. The molecule has 0 fully saturated rings. The Labute approximate surface area is 175 Å². The van der Waals surface area contributed by atoms with Crippen LogP contribution in [0.2, 0.25) is 0 Å². The van der Waals surface area contributed by atoms with E-state index in [1.807, 2.05) is 38.1 Å². The molecule has 0 aromatic heterocycles. The summed E-state index contributed by atoms with van der Waals surface area (Å²) in [6.07, 6.45) is 4.10. The predicted molar refractivity (Wildman–Crippen MR) is 122 cm³/mol. The van der Waals surface area contributed by atoms with Crippen molar-refractivity contribution in [3.05, 3.63) is 106 Å². The van der Waals surface area contributed by atoms with Crippen LogP contribution in [-0.4, -0.2) is 13.1 Å². The van der Waals surface area contributed by atoms with Gasteiger partial charge in [0, 0.05) is 0 Å². The van der Waals surface area contributed by atoms with E-state index in [0.717, 1.165) is 25.7 Å². The van der Waals surface area contributed by atoms with Gasteiger partial charge in [0.15, 0.2) is 0 Å². The molecule has 0 spiro atoms. The summed E-state index contributed by atoms with van der Waals surface area (Å²) in [5.74, 6) is -0.289. The molecule has 0 aliphatic heterocycles. The molecule has 0 saturated carbocycles. The maximum absolute atomic E-state index is 11.5. The van der Waals surface area contributed by atoms with Crippen LogP contribution < -0.4 is 0 Å². The number of benzene rings is 3. The molecule has 2 heteroatoms. The Morgan fingerprint density at radius 3 is 1.28 bits per heavy atom. The molecule has 0 radical (unpaired) electrons. The topological polar surface area (TPSA) is 26.3 Å². The van der Waals surface area contributed by atoms with Gasteiger partial charge in [0.05, 0.1) is 12.7 Å². The van der Waals surface area contributed by atoms with Crippen LogP contribution in [0.1, 0.15) is 52.0 Å². The fourth-order valence-corrected chi connectivity index (χ4v) is 3.13. The molecule has 3 rings (SSSR count). The average Bonchev–Trinajstić information content (AvgIpc) is 2.79. The van der Waals surface area contributed by atoms with Gasteiger partial charge in [0.1, 0.15) is 0 Å². The van der Waals surface area contributed by atoms with Crippen LogP contribution in [0.15, 0.2) is 72.8 Å². The van der Waals surface area contributed by atoms with Gasteiger partial charge < -0.3 is 4.74 Å².